The molecule has 0 aromatic rings. The third-order valence-corrected chi connectivity index (χ3v) is 0. The van der Waals surface area contributed by atoms with Gasteiger partial charge in [0, 0.05) is 0 Å². The zero-order chi connectivity index (χ0) is 4.50. The van der Waals surface area contributed by atoms with Crippen LogP contribution in [-0.2, 0) is 6.21 Å². The SMILES string of the molecule is O=[Te](=O)(O)O.[GeH4]. The van der Waals surface area contributed by atoms with Crippen LogP contribution in [0.2, 0.25) is 0 Å². The van der Waals surface area contributed by atoms with Gasteiger partial charge in [-0.1, -0.05) is 0 Å². The predicted molar refractivity (Wildman–Crippen MR) is 22.9 cm³/mol. The molecule has 0 bridgehead atoms. The van der Waals surface area contributed by atoms with Crippen molar-refractivity contribution in [3.8, 4) is 0 Å². The summed E-state index contributed by atoms with van der Waals surface area (Å²) in [6.07, 6.45) is 0. The fraction of sp³-hybridized carbons (Fsp3) is 0. The van der Waals surface area contributed by atoms with Crippen molar-refractivity contribution in [3.63, 3.8) is 0 Å². The van der Waals surface area contributed by atoms with Gasteiger partial charge in [-0.3, -0.25) is 0 Å². The molecule has 0 aliphatic heterocycles. The van der Waals surface area contributed by atoms with E-state index in [0.29, 0.717) is 0 Å². The van der Waals surface area contributed by atoms with E-state index in [1.165, 1.54) is 0 Å². The standard InChI is InChI=1S/GeH4.H2O4Te/c;1-5(2,3)4/h1H4;(H2,1,2,3,4). The third kappa shape index (κ3) is 99.1. The maximum absolute atomic E-state index is 8.85. The molecule has 0 radical (unpaired) electrons. The molecule has 0 rings (SSSR count). The van der Waals surface area contributed by atoms with Gasteiger partial charge in [-0.25, -0.2) is 0 Å². The van der Waals surface area contributed by atoms with Gasteiger partial charge in [-0.15, -0.1) is 0 Å². The van der Waals surface area contributed by atoms with Crippen LogP contribution in [0.25, 0.3) is 0 Å². The van der Waals surface area contributed by atoms with Crippen molar-refractivity contribution in [2.75, 3.05) is 0 Å². The van der Waals surface area contributed by atoms with Crippen LogP contribution in [0.3, 0.4) is 0 Å². The minimum absolute atomic E-state index is 0. The molecule has 6 heteroatoms. The van der Waals surface area contributed by atoms with Crippen LogP contribution in [0.1, 0.15) is 0 Å². The maximum atomic E-state index is 8.85. The fourth-order valence-electron chi connectivity index (χ4n) is 0. The monoisotopic (exact) mass is 274 g/mol. The molecule has 0 unspecified atom stereocenters. The van der Waals surface area contributed by atoms with Gasteiger partial charge in [0.15, 0.2) is 0 Å². The Hall–Kier alpha value is 0.852. The molecule has 0 fully saturated rings. The quantitative estimate of drug-likeness (QED) is 0.455. The van der Waals surface area contributed by atoms with E-state index in [-0.39, 0.29) is 17.6 Å². The van der Waals surface area contributed by atoms with Gasteiger partial charge >= 0.3 is 49.7 Å². The van der Waals surface area contributed by atoms with Crippen molar-refractivity contribution >= 4 is 36.6 Å². The summed E-state index contributed by atoms with van der Waals surface area (Å²) >= 11 is -5.52. The van der Waals surface area contributed by atoms with Gasteiger partial charge < -0.3 is 0 Å². The molecule has 40 valence electrons. The van der Waals surface area contributed by atoms with Gasteiger partial charge in [0.05, 0.1) is 0 Å². The second-order valence-electron chi connectivity index (χ2n) is 0.448. The van der Waals surface area contributed by atoms with Crippen molar-refractivity contribution in [1.29, 1.82) is 0 Å². The van der Waals surface area contributed by atoms with Crippen LogP contribution in [0.15, 0.2) is 0 Å². The molecule has 0 amide bonds. The van der Waals surface area contributed by atoms with Crippen LogP contribution >= 0.6 is 0 Å². The minimum atomic E-state index is -5.52. The van der Waals surface area contributed by atoms with Crippen molar-refractivity contribution in [2.45, 2.75) is 0 Å². The van der Waals surface area contributed by atoms with E-state index >= 15 is 0 Å². The van der Waals surface area contributed by atoms with Gasteiger partial charge in [0.2, 0.25) is 0 Å². The molecule has 0 aromatic heterocycles. The van der Waals surface area contributed by atoms with E-state index in [2.05, 4.69) is 0 Å². The molecule has 2 N–H and O–H groups in total. The van der Waals surface area contributed by atoms with Crippen molar-refractivity contribution in [2.24, 2.45) is 0 Å². The first-order valence-corrected chi connectivity index (χ1v) is 4.69. The summed E-state index contributed by atoms with van der Waals surface area (Å²) in [6.45, 7) is 0. The average molecular weight is 270 g/mol. The van der Waals surface area contributed by atoms with Gasteiger partial charge in [0.1, 0.15) is 0 Å². The second kappa shape index (κ2) is 2.93. The van der Waals surface area contributed by atoms with E-state index in [0.717, 1.165) is 0 Å². The van der Waals surface area contributed by atoms with Crippen molar-refractivity contribution in [1.82, 2.24) is 0 Å². The Balaban J connectivity index is 0. The zero-order valence-corrected chi connectivity index (χ0v) is 4.45. The Morgan fingerprint density at radius 1 is 1.17 bits per heavy atom. The number of hydrogen-bond donors (Lipinski definition) is 2. The molecule has 0 aliphatic carbocycles. The zero-order valence-electron chi connectivity index (χ0n) is 2.12. The first-order valence-electron chi connectivity index (χ1n) is 0.698. The molecule has 0 heterocycles. The Kier molecular flexibility index (Phi) is 4.88. The first-order chi connectivity index (χ1) is 2.00. The summed E-state index contributed by atoms with van der Waals surface area (Å²) in [6, 6.07) is 0. The third-order valence-electron chi connectivity index (χ3n) is 0. The molecule has 0 saturated carbocycles. The molecular weight excluding hydrogens is 264 g/mol. The molecule has 0 atom stereocenters. The van der Waals surface area contributed by atoms with E-state index in [4.69, 9.17) is 13.2 Å². The summed E-state index contributed by atoms with van der Waals surface area (Å²) in [4.78, 5) is 0. The van der Waals surface area contributed by atoms with Gasteiger partial charge in [-0.2, -0.15) is 0 Å². The van der Waals surface area contributed by atoms with E-state index in [1.54, 1.807) is 0 Å². The van der Waals surface area contributed by atoms with Crippen molar-refractivity contribution < 1.29 is 13.2 Å². The van der Waals surface area contributed by atoms with Gasteiger partial charge in [0.25, 0.3) is 0 Å². The summed E-state index contributed by atoms with van der Waals surface area (Å²) < 4.78 is 32.0. The number of hydrogen-bond acceptors (Lipinski definition) is 2. The van der Waals surface area contributed by atoms with E-state index < -0.39 is 19.0 Å². The normalized spacial score (nSPS) is 9.67. The van der Waals surface area contributed by atoms with Crippen LogP contribution in [0.5, 0.6) is 0 Å². The summed E-state index contributed by atoms with van der Waals surface area (Å²) in [5.41, 5.74) is 0. The van der Waals surface area contributed by atoms with Crippen LogP contribution in [0.4, 0.5) is 0 Å². The summed E-state index contributed by atoms with van der Waals surface area (Å²) in [7, 11) is 0. The molecule has 4 nitrogen and oxygen atoms in total. The Bertz CT molecular complexity index is 90.7. The topological polar surface area (TPSA) is 74.6 Å². The fourth-order valence-corrected chi connectivity index (χ4v) is 0. The van der Waals surface area contributed by atoms with E-state index in [1.807, 2.05) is 0 Å². The molecular formula is H6GeO4Te. The van der Waals surface area contributed by atoms with Crippen LogP contribution < -0.4 is 0 Å². The molecule has 0 spiro atoms. The Morgan fingerprint density at radius 3 is 1.17 bits per heavy atom. The van der Waals surface area contributed by atoms with Gasteiger partial charge in [-0.05, 0) is 0 Å². The Morgan fingerprint density at radius 2 is 1.17 bits per heavy atom. The molecule has 0 saturated heterocycles. The molecule has 0 aliphatic rings. The summed E-state index contributed by atoms with van der Waals surface area (Å²) in [5.74, 6) is 0. The molecule has 6 heavy (non-hydrogen) atoms. The number of rotatable bonds is 0. The van der Waals surface area contributed by atoms with Crippen LogP contribution in [0, 0.1) is 0 Å². The first kappa shape index (κ1) is 9.97. The summed E-state index contributed by atoms with van der Waals surface area (Å²) in [5, 5.41) is 0. The Labute approximate surface area is 49.8 Å². The van der Waals surface area contributed by atoms with Crippen molar-refractivity contribution in [3.05, 3.63) is 0 Å². The second-order valence-corrected chi connectivity index (χ2v) is 3.00. The van der Waals surface area contributed by atoms with Crippen LogP contribution in [-0.4, -0.2) is 43.5 Å². The van der Waals surface area contributed by atoms with E-state index in [9.17, 15) is 0 Å². The average Bonchev–Trinajstić information content (AvgIpc) is 0.722. The predicted octanol–water partition coefficient (Wildman–Crippen LogP) is -3.18. The molecule has 0 aromatic carbocycles.